The van der Waals surface area contributed by atoms with Gasteiger partial charge in [0.15, 0.2) is 0 Å². The van der Waals surface area contributed by atoms with Crippen molar-refractivity contribution in [1.82, 2.24) is 9.97 Å². The Kier molecular flexibility index (Phi) is 6.34. The normalized spacial score (nSPS) is 10.8. The van der Waals surface area contributed by atoms with Gasteiger partial charge >= 0.3 is 0 Å². The Morgan fingerprint density at radius 1 is 0.829 bits per heavy atom. The van der Waals surface area contributed by atoms with Crippen LogP contribution in [0.5, 0.6) is 0 Å². The zero-order valence-electron chi connectivity index (χ0n) is 18.7. The molecule has 0 atom stereocenters. The van der Waals surface area contributed by atoms with E-state index < -0.39 is 0 Å². The van der Waals surface area contributed by atoms with Crippen molar-refractivity contribution in [2.24, 2.45) is 0 Å². The minimum Gasteiger partial charge on any atom is -0.467 e. The van der Waals surface area contributed by atoms with E-state index in [-0.39, 0.29) is 11.7 Å². The number of hydrogen-bond donors (Lipinski definition) is 3. The summed E-state index contributed by atoms with van der Waals surface area (Å²) < 4.78 is 18.4. The lowest BCUT2D eigenvalue weighted by Crippen LogP contribution is -2.12. The molecule has 1 amide bonds. The monoisotopic (exact) mass is 467 g/mol. The summed E-state index contributed by atoms with van der Waals surface area (Å²) in [7, 11) is 0. The van der Waals surface area contributed by atoms with Gasteiger partial charge in [0, 0.05) is 23.2 Å². The Morgan fingerprint density at radius 2 is 1.63 bits per heavy atom. The first-order chi connectivity index (χ1) is 17.1. The van der Waals surface area contributed by atoms with Crippen LogP contribution in [0.15, 0.2) is 95.6 Å². The van der Waals surface area contributed by atoms with Crippen molar-refractivity contribution < 1.29 is 13.6 Å². The van der Waals surface area contributed by atoms with Crippen LogP contribution in [0.25, 0.3) is 10.9 Å². The van der Waals surface area contributed by atoms with Crippen LogP contribution >= 0.6 is 0 Å². The van der Waals surface area contributed by atoms with E-state index in [4.69, 9.17) is 4.42 Å². The zero-order chi connectivity index (χ0) is 24.0. The smallest absolute Gasteiger partial charge is 0.255 e. The standard InChI is InChI=1S/C27H22FN5O2/c28-20-11-9-19(10-12-20)26(34)31-21-13-7-18(8-14-21)16-29-25-23-5-1-2-6-24(23)32-27(33-25)30-17-22-4-3-15-35-22/h1-15H,16-17H2,(H,31,34)(H2,29,30,32,33). The number of nitrogens with zero attached hydrogens (tertiary/aromatic N) is 2. The number of hydrogen-bond acceptors (Lipinski definition) is 6. The summed E-state index contributed by atoms with van der Waals surface area (Å²) >= 11 is 0. The fraction of sp³-hybridized carbons (Fsp3) is 0.0741. The highest BCUT2D eigenvalue weighted by Crippen LogP contribution is 2.23. The van der Waals surface area contributed by atoms with E-state index in [1.807, 2.05) is 60.7 Å². The molecular weight excluding hydrogens is 445 g/mol. The number of carbonyl (C=O) groups excluding carboxylic acids is 1. The lowest BCUT2D eigenvalue weighted by atomic mass is 10.1. The summed E-state index contributed by atoms with van der Waals surface area (Å²) in [5.74, 6) is 1.34. The molecule has 0 saturated heterocycles. The van der Waals surface area contributed by atoms with Gasteiger partial charge in [0.05, 0.1) is 18.3 Å². The third-order valence-electron chi connectivity index (χ3n) is 5.38. The zero-order valence-corrected chi connectivity index (χ0v) is 18.7. The first-order valence-corrected chi connectivity index (χ1v) is 11.1. The molecule has 0 fully saturated rings. The Morgan fingerprint density at radius 3 is 2.40 bits per heavy atom. The highest BCUT2D eigenvalue weighted by Gasteiger charge is 2.09. The van der Waals surface area contributed by atoms with Gasteiger partial charge in [-0.05, 0) is 66.2 Å². The number of nitrogens with one attached hydrogen (secondary N) is 3. The highest BCUT2D eigenvalue weighted by molar-refractivity contribution is 6.04. The maximum Gasteiger partial charge on any atom is 0.255 e. The number of carbonyl (C=O) groups is 1. The molecule has 3 aromatic carbocycles. The van der Waals surface area contributed by atoms with Gasteiger partial charge in [-0.2, -0.15) is 4.98 Å². The first kappa shape index (κ1) is 22.1. The average molecular weight is 468 g/mol. The van der Waals surface area contributed by atoms with Gasteiger partial charge in [-0.15, -0.1) is 0 Å². The third kappa shape index (κ3) is 5.44. The van der Waals surface area contributed by atoms with Crippen molar-refractivity contribution in [3.05, 3.63) is 114 Å². The molecule has 35 heavy (non-hydrogen) atoms. The molecule has 8 heteroatoms. The van der Waals surface area contributed by atoms with Crippen molar-refractivity contribution in [1.29, 1.82) is 0 Å². The topological polar surface area (TPSA) is 92.1 Å². The molecule has 0 aliphatic carbocycles. The summed E-state index contributed by atoms with van der Waals surface area (Å²) in [6, 6.07) is 24.5. The maximum atomic E-state index is 13.1. The van der Waals surface area contributed by atoms with E-state index in [1.54, 1.807) is 6.26 Å². The summed E-state index contributed by atoms with van der Waals surface area (Å²) in [4.78, 5) is 21.6. The fourth-order valence-electron chi connectivity index (χ4n) is 3.57. The molecule has 0 saturated carbocycles. The van der Waals surface area contributed by atoms with E-state index >= 15 is 0 Å². The molecule has 3 N–H and O–H groups in total. The molecule has 2 heterocycles. The van der Waals surface area contributed by atoms with Crippen LogP contribution in [0.2, 0.25) is 0 Å². The first-order valence-electron chi connectivity index (χ1n) is 11.1. The number of halogens is 1. The van der Waals surface area contributed by atoms with Crippen molar-refractivity contribution in [2.75, 3.05) is 16.0 Å². The van der Waals surface area contributed by atoms with Gasteiger partial charge in [0.2, 0.25) is 5.95 Å². The second-order valence-electron chi connectivity index (χ2n) is 7.86. The van der Waals surface area contributed by atoms with Crippen LogP contribution in [-0.4, -0.2) is 15.9 Å². The number of rotatable bonds is 8. The van der Waals surface area contributed by atoms with Gasteiger partial charge in [-0.3, -0.25) is 4.79 Å². The summed E-state index contributed by atoms with van der Waals surface area (Å²) in [6.45, 7) is 1.01. The maximum absolute atomic E-state index is 13.1. The molecule has 0 aliphatic rings. The van der Waals surface area contributed by atoms with E-state index in [1.165, 1.54) is 24.3 Å². The second kappa shape index (κ2) is 10.0. The molecule has 0 bridgehead atoms. The van der Waals surface area contributed by atoms with Crippen LogP contribution in [-0.2, 0) is 13.1 Å². The second-order valence-corrected chi connectivity index (χ2v) is 7.86. The van der Waals surface area contributed by atoms with Gasteiger partial charge in [0.1, 0.15) is 17.4 Å². The Bertz CT molecular complexity index is 1440. The van der Waals surface area contributed by atoms with E-state index in [2.05, 4.69) is 25.9 Å². The molecule has 2 aromatic heterocycles. The van der Waals surface area contributed by atoms with Crippen molar-refractivity contribution in [3.63, 3.8) is 0 Å². The molecule has 5 aromatic rings. The lowest BCUT2D eigenvalue weighted by molar-refractivity contribution is 0.102. The predicted octanol–water partition coefficient (Wildman–Crippen LogP) is 5.84. The summed E-state index contributed by atoms with van der Waals surface area (Å²) in [5, 5.41) is 10.3. The van der Waals surface area contributed by atoms with Crippen LogP contribution in [0, 0.1) is 5.82 Å². The Balaban J connectivity index is 1.26. The van der Waals surface area contributed by atoms with Crippen LogP contribution in [0.1, 0.15) is 21.7 Å². The van der Waals surface area contributed by atoms with Crippen LogP contribution in [0.4, 0.5) is 21.8 Å². The van der Waals surface area contributed by atoms with Gasteiger partial charge in [0.25, 0.3) is 5.91 Å². The predicted molar refractivity (Wildman–Crippen MR) is 134 cm³/mol. The molecule has 0 radical (unpaired) electrons. The Labute approximate surface area is 201 Å². The average Bonchev–Trinajstić information content (AvgIpc) is 3.41. The van der Waals surface area contributed by atoms with Gasteiger partial charge in [-0.25, -0.2) is 9.37 Å². The molecular formula is C27H22FN5O2. The van der Waals surface area contributed by atoms with E-state index in [9.17, 15) is 9.18 Å². The van der Waals surface area contributed by atoms with Crippen LogP contribution < -0.4 is 16.0 Å². The van der Waals surface area contributed by atoms with Crippen molar-refractivity contribution in [3.8, 4) is 0 Å². The van der Waals surface area contributed by atoms with E-state index in [0.717, 1.165) is 22.2 Å². The fourth-order valence-corrected chi connectivity index (χ4v) is 3.57. The summed E-state index contributed by atoms with van der Waals surface area (Å²) in [5.41, 5.74) is 2.88. The number of aromatic nitrogens is 2. The number of fused-ring (bicyclic) bond motifs is 1. The number of benzene rings is 3. The van der Waals surface area contributed by atoms with Crippen LogP contribution in [0.3, 0.4) is 0 Å². The van der Waals surface area contributed by atoms with E-state index in [0.29, 0.717) is 36.1 Å². The largest absolute Gasteiger partial charge is 0.467 e. The molecule has 7 nitrogen and oxygen atoms in total. The number of anilines is 3. The molecule has 174 valence electrons. The minimum absolute atomic E-state index is 0.294. The third-order valence-corrected chi connectivity index (χ3v) is 5.38. The molecule has 5 rings (SSSR count). The number of para-hydroxylation sites is 1. The van der Waals surface area contributed by atoms with Gasteiger partial charge in [-0.1, -0.05) is 24.3 Å². The quantitative estimate of drug-likeness (QED) is 0.266. The Hall–Kier alpha value is -4.72. The van der Waals surface area contributed by atoms with Crippen molar-refractivity contribution >= 4 is 34.3 Å². The molecule has 0 aliphatic heterocycles. The SMILES string of the molecule is O=C(Nc1ccc(CNc2nc(NCc3ccco3)nc3ccccc23)cc1)c1ccc(F)cc1. The van der Waals surface area contributed by atoms with Gasteiger partial charge < -0.3 is 20.4 Å². The summed E-state index contributed by atoms with van der Waals surface area (Å²) in [6.07, 6.45) is 1.63. The number of amides is 1. The highest BCUT2D eigenvalue weighted by atomic mass is 19.1. The molecule has 0 spiro atoms. The number of furan rings is 1. The lowest BCUT2D eigenvalue weighted by Gasteiger charge is -2.12. The van der Waals surface area contributed by atoms with Crippen molar-refractivity contribution in [2.45, 2.75) is 13.1 Å². The minimum atomic E-state index is -0.379. The molecule has 0 unspecified atom stereocenters.